The van der Waals surface area contributed by atoms with Crippen LogP contribution in [0.2, 0.25) is 0 Å². The van der Waals surface area contributed by atoms with Gasteiger partial charge in [0.25, 0.3) is 5.91 Å². The Hall–Kier alpha value is -2.17. The Kier molecular flexibility index (Phi) is 8.68. The normalized spacial score (nSPS) is 16.6. The summed E-state index contributed by atoms with van der Waals surface area (Å²) >= 11 is 0. The van der Waals surface area contributed by atoms with Crippen LogP contribution in [0.1, 0.15) is 35.2 Å². The molecule has 8 nitrogen and oxygen atoms in total. The van der Waals surface area contributed by atoms with Crippen molar-refractivity contribution in [3.05, 3.63) is 48.0 Å². The first-order valence-electron chi connectivity index (χ1n) is 9.37. The molecule has 28 heavy (non-hydrogen) atoms. The highest BCUT2D eigenvalue weighted by Gasteiger charge is 2.26. The van der Waals surface area contributed by atoms with Gasteiger partial charge in [-0.2, -0.15) is 5.10 Å². The fourth-order valence-electron chi connectivity index (χ4n) is 3.23. The number of amides is 1. The smallest absolute Gasteiger partial charge is 0.252 e. The third-order valence-corrected chi connectivity index (χ3v) is 4.60. The van der Waals surface area contributed by atoms with Crippen molar-refractivity contribution >= 4 is 35.8 Å². The molecule has 0 aromatic carbocycles. The predicted octanol–water partition coefficient (Wildman–Crippen LogP) is 1.62. The molecule has 1 aliphatic rings. The zero-order valence-electron chi connectivity index (χ0n) is 16.3. The van der Waals surface area contributed by atoms with Crippen LogP contribution in [0.4, 0.5) is 0 Å². The van der Waals surface area contributed by atoms with Crippen LogP contribution in [0.5, 0.6) is 0 Å². The second kappa shape index (κ2) is 11.0. The number of pyridine rings is 1. The van der Waals surface area contributed by atoms with Gasteiger partial charge >= 0.3 is 0 Å². The Morgan fingerprint density at radius 3 is 2.89 bits per heavy atom. The number of aliphatic imine (C=N–C) groups is 1. The third-order valence-electron chi connectivity index (χ3n) is 4.60. The second-order valence-corrected chi connectivity index (χ2v) is 6.61. The largest absolute Gasteiger partial charge is 0.357 e. The van der Waals surface area contributed by atoms with E-state index in [1.165, 1.54) is 5.56 Å². The van der Waals surface area contributed by atoms with Crippen LogP contribution in [0.15, 0.2) is 41.9 Å². The van der Waals surface area contributed by atoms with Gasteiger partial charge in [-0.15, -0.1) is 24.0 Å². The molecule has 2 aromatic heterocycles. The van der Waals surface area contributed by atoms with Gasteiger partial charge in [0, 0.05) is 57.7 Å². The summed E-state index contributed by atoms with van der Waals surface area (Å²) in [6.07, 6.45) is 8.34. The fourth-order valence-corrected chi connectivity index (χ4v) is 3.23. The number of hydrogen-bond acceptors (Lipinski definition) is 4. The number of halogens is 1. The van der Waals surface area contributed by atoms with E-state index in [1.54, 1.807) is 24.5 Å². The number of carbonyl (C=O) groups excluding carboxylic acids is 1. The first kappa shape index (κ1) is 22.1. The zero-order valence-corrected chi connectivity index (χ0v) is 18.7. The number of hydrogen-bond donors (Lipinski definition) is 2. The second-order valence-electron chi connectivity index (χ2n) is 6.61. The summed E-state index contributed by atoms with van der Waals surface area (Å²) in [4.78, 5) is 23.0. The number of nitrogens with zero attached hydrogens (tertiary/aromatic N) is 5. The number of guanidine groups is 1. The van der Waals surface area contributed by atoms with Gasteiger partial charge in [-0.1, -0.05) is 0 Å². The van der Waals surface area contributed by atoms with E-state index in [0.29, 0.717) is 24.6 Å². The lowest BCUT2D eigenvalue weighted by Gasteiger charge is -2.21. The van der Waals surface area contributed by atoms with Crippen LogP contribution in [0, 0.1) is 0 Å². The highest BCUT2D eigenvalue weighted by molar-refractivity contribution is 14.0. The molecule has 0 radical (unpaired) electrons. The summed E-state index contributed by atoms with van der Waals surface area (Å²) in [5.74, 6) is 1.26. The Morgan fingerprint density at radius 2 is 2.21 bits per heavy atom. The van der Waals surface area contributed by atoms with E-state index in [9.17, 15) is 4.79 Å². The van der Waals surface area contributed by atoms with E-state index in [1.807, 2.05) is 17.9 Å². The lowest BCUT2D eigenvalue weighted by Crippen LogP contribution is -2.40. The van der Waals surface area contributed by atoms with Crippen molar-refractivity contribution in [3.63, 3.8) is 0 Å². The highest BCUT2D eigenvalue weighted by Crippen LogP contribution is 2.26. The first-order valence-corrected chi connectivity index (χ1v) is 9.37. The maximum absolute atomic E-state index is 12.0. The number of nitrogens with one attached hydrogen (secondary N) is 2. The number of aromatic nitrogens is 3. The lowest BCUT2D eigenvalue weighted by atomic mass is 10.0. The van der Waals surface area contributed by atoms with Crippen LogP contribution in [0.3, 0.4) is 0 Å². The van der Waals surface area contributed by atoms with Crippen molar-refractivity contribution in [1.29, 1.82) is 0 Å². The molecule has 1 saturated heterocycles. The molecule has 2 aromatic rings. The summed E-state index contributed by atoms with van der Waals surface area (Å²) in [5, 5.41) is 10.5. The summed E-state index contributed by atoms with van der Waals surface area (Å²) in [5.41, 5.74) is 1.84. The molecule has 2 N–H and O–H groups in total. The number of aryl methyl sites for hydroxylation is 1. The Bertz CT molecular complexity index is 778. The zero-order chi connectivity index (χ0) is 19.1. The van der Waals surface area contributed by atoms with Gasteiger partial charge in [0.1, 0.15) is 0 Å². The molecule has 0 aliphatic carbocycles. The SMILES string of the molecule is CCNC(=NCCNC(=O)c1cccnc1)N1CCC(c2cnn(C)c2)C1.I. The van der Waals surface area contributed by atoms with E-state index < -0.39 is 0 Å². The van der Waals surface area contributed by atoms with Gasteiger partial charge in [-0.3, -0.25) is 19.5 Å². The number of carbonyl (C=O) groups is 1. The molecule has 3 heterocycles. The molecule has 1 unspecified atom stereocenters. The molecule has 0 bridgehead atoms. The lowest BCUT2D eigenvalue weighted by molar-refractivity contribution is 0.0954. The molecule has 9 heteroatoms. The molecule has 3 rings (SSSR count). The molecule has 0 saturated carbocycles. The highest BCUT2D eigenvalue weighted by atomic mass is 127. The van der Waals surface area contributed by atoms with Gasteiger partial charge in [-0.25, -0.2) is 0 Å². The maximum Gasteiger partial charge on any atom is 0.252 e. The van der Waals surface area contributed by atoms with E-state index in [-0.39, 0.29) is 29.9 Å². The van der Waals surface area contributed by atoms with Crippen molar-refractivity contribution in [2.45, 2.75) is 19.3 Å². The quantitative estimate of drug-likeness (QED) is 0.274. The molecule has 1 fully saturated rings. The molecule has 0 spiro atoms. The van der Waals surface area contributed by atoms with Crippen LogP contribution in [-0.2, 0) is 7.05 Å². The van der Waals surface area contributed by atoms with Crippen LogP contribution in [0.25, 0.3) is 0 Å². The minimum Gasteiger partial charge on any atom is -0.357 e. The van der Waals surface area contributed by atoms with Crippen molar-refractivity contribution < 1.29 is 4.79 Å². The van der Waals surface area contributed by atoms with Gasteiger partial charge in [0.2, 0.25) is 0 Å². The Balaban J connectivity index is 0.00000280. The minimum absolute atomic E-state index is 0. The van der Waals surface area contributed by atoms with E-state index in [4.69, 9.17) is 0 Å². The van der Waals surface area contributed by atoms with E-state index in [2.05, 4.69) is 43.7 Å². The average Bonchev–Trinajstić information content (AvgIpc) is 3.34. The van der Waals surface area contributed by atoms with Gasteiger partial charge < -0.3 is 15.5 Å². The topological polar surface area (TPSA) is 87.4 Å². The minimum atomic E-state index is -0.124. The Morgan fingerprint density at radius 1 is 1.36 bits per heavy atom. The summed E-state index contributed by atoms with van der Waals surface area (Å²) in [6.45, 7) is 5.79. The molecule has 152 valence electrons. The van der Waals surface area contributed by atoms with Crippen molar-refractivity contribution in [2.75, 3.05) is 32.7 Å². The summed E-state index contributed by atoms with van der Waals surface area (Å²) < 4.78 is 1.85. The standard InChI is InChI=1S/C19H27N7O.HI/c1-3-21-19(23-9-8-22-18(27)15-5-4-7-20-11-15)26-10-6-16(14-26)17-12-24-25(2)13-17;/h4-5,7,11-13,16H,3,6,8-10,14H2,1-2H3,(H,21,23)(H,22,27);1H. The fraction of sp³-hybridized carbons (Fsp3) is 0.474. The van der Waals surface area contributed by atoms with Crippen molar-refractivity contribution in [3.8, 4) is 0 Å². The van der Waals surface area contributed by atoms with Gasteiger partial charge in [0.15, 0.2) is 5.96 Å². The van der Waals surface area contributed by atoms with Gasteiger partial charge in [0.05, 0.1) is 18.3 Å². The third kappa shape index (κ3) is 5.91. The number of rotatable bonds is 6. The first-order chi connectivity index (χ1) is 13.2. The molecule has 1 aliphatic heterocycles. The van der Waals surface area contributed by atoms with Crippen LogP contribution >= 0.6 is 24.0 Å². The monoisotopic (exact) mass is 497 g/mol. The maximum atomic E-state index is 12.0. The molecular formula is C19H28IN7O. The predicted molar refractivity (Wildman–Crippen MR) is 120 cm³/mol. The molecular weight excluding hydrogens is 469 g/mol. The van der Waals surface area contributed by atoms with Crippen molar-refractivity contribution in [1.82, 2.24) is 30.3 Å². The van der Waals surface area contributed by atoms with E-state index in [0.717, 1.165) is 32.0 Å². The summed E-state index contributed by atoms with van der Waals surface area (Å²) in [6, 6.07) is 3.50. The number of likely N-dealkylation sites (tertiary alicyclic amines) is 1. The summed E-state index contributed by atoms with van der Waals surface area (Å²) in [7, 11) is 1.95. The van der Waals surface area contributed by atoms with Crippen LogP contribution in [-0.4, -0.2) is 64.3 Å². The van der Waals surface area contributed by atoms with Crippen LogP contribution < -0.4 is 10.6 Å². The van der Waals surface area contributed by atoms with Crippen molar-refractivity contribution in [2.24, 2.45) is 12.0 Å². The molecule has 1 atom stereocenters. The average molecular weight is 497 g/mol. The molecule has 1 amide bonds. The van der Waals surface area contributed by atoms with Gasteiger partial charge in [-0.05, 0) is 31.0 Å². The Labute approximate surface area is 182 Å². The van der Waals surface area contributed by atoms with E-state index >= 15 is 0 Å².